The molecule has 2 amide bonds. The zero-order chi connectivity index (χ0) is 26.3. The molecule has 2 heterocycles. The van der Waals surface area contributed by atoms with E-state index in [4.69, 9.17) is 9.15 Å². The Labute approximate surface area is 200 Å². The molecule has 186 valence electrons. The molecule has 13 heteroatoms. The van der Waals surface area contributed by atoms with E-state index in [0.29, 0.717) is 5.75 Å². The van der Waals surface area contributed by atoms with Crippen molar-refractivity contribution in [2.45, 2.75) is 11.9 Å². The van der Waals surface area contributed by atoms with Crippen molar-refractivity contribution in [3.8, 4) is 17.1 Å². The second-order valence-corrected chi connectivity index (χ2v) is 7.53. The van der Waals surface area contributed by atoms with Crippen LogP contribution in [0.2, 0.25) is 0 Å². The number of benzene rings is 2. The Morgan fingerprint density at radius 3 is 2.33 bits per heavy atom. The number of nitrogens with one attached hydrogen (secondary N) is 2. The van der Waals surface area contributed by atoms with Gasteiger partial charge in [-0.1, -0.05) is 12.1 Å². The van der Waals surface area contributed by atoms with Gasteiger partial charge in [0, 0.05) is 11.6 Å². The van der Waals surface area contributed by atoms with Crippen LogP contribution in [-0.2, 0) is 0 Å². The number of halogens is 3. The van der Waals surface area contributed by atoms with Crippen LogP contribution >= 0.6 is 0 Å². The lowest BCUT2D eigenvalue weighted by Gasteiger charge is -2.37. The number of furan rings is 1. The number of urea groups is 1. The maximum absolute atomic E-state index is 14.0. The second kappa shape index (κ2) is 8.85. The number of nitrogens with zero attached hydrogens (tertiary/aromatic N) is 1. The molecule has 0 bridgehead atoms. The number of ketones is 1. The standard InChI is InChI=1S/C23H16F3N3O7/c1-35-13-8-6-12(7-9-13)20(30)18-19(27-21(31)28-22(18,32)23(24,25)26)17-11-10-16(36-17)14-4-2-3-5-15(14)29(33)34/h2-11,32H,1H3,(H2,27,28,31). The SMILES string of the molecule is COc1ccc(C(=O)C2=C(c3ccc(-c4ccccc4[N+](=O)[O-])o3)NC(=O)NC2(O)C(F)(F)F)cc1. The number of carbonyl (C=O) groups is 2. The number of alkyl halides is 3. The highest BCUT2D eigenvalue weighted by Gasteiger charge is 2.62. The third-order valence-electron chi connectivity index (χ3n) is 5.35. The molecule has 4 rings (SSSR count). The van der Waals surface area contributed by atoms with Crippen molar-refractivity contribution in [1.29, 1.82) is 0 Å². The van der Waals surface area contributed by atoms with Crippen molar-refractivity contribution in [1.82, 2.24) is 10.6 Å². The van der Waals surface area contributed by atoms with Gasteiger partial charge in [0.15, 0.2) is 11.5 Å². The highest BCUT2D eigenvalue weighted by molar-refractivity contribution is 6.16. The first-order valence-corrected chi connectivity index (χ1v) is 10.1. The molecule has 0 saturated carbocycles. The Hall–Kier alpha value is -4.65. The first-order chi connectivity index (χ1) is 17.0. The lowest BCUT2D eigenvalue weighted by Crippen LogP contribution is -2.66. The molecule has 3 N–H and O–H groups in total. The molecule has 36 heavy (non-hydrogen) atoms. The number of carbonyl (C=O) groups excluding carboxylic acids is 2. The Morgan fingerprint density at radius 2 is 1.72 bits per heavy atom. The van der Waals surface area contributed by atoms with E-state index in [-0.39, 0.29) is 22.6 Å². The number of hydrogen-bond acceptors (Lipinski definition) is 7. The van der Waals surface area contributed by atoms with E-state index in [9.17, 15) is 38.0 Å². The summed E-state index contributed by atoms with van der Waals surface area (Å²) in [6.07, 6.45) is -5.51. The summed E-state index contributed by atoms with van der Waals surface area (Å²) in [5, 5.41) is 25.4. The van der Waals surface area contributed by atoms with E-state index >= 15 is 0 Å². The van der Waals surface area contributed by atoms with Gasteiger partial charge in [0.05, 0.1) is 28.9 Å². The number of Topliss-reactive ketones (excluding diaryl/α,β-unsaturated/α-hetero) is 1. The summed E-state index contributed by atoms with van der Waals surface area (Å²) in [5.74, 6) is -1.52. The Bertz CT molecular complexity index is 1400. The predicted molar refractivity (Wildman–Crippen MR) is 118 cm³/mol. The van der Waals surface area contributed by atoms with Crippen LogP contribution in [0.1, 0.15) is 16.1 Å². The minimum atomic E-state index is -5.51. The zero-order valence-electron chi connectivity index (χ0n) is 18.3. The number of amides is 2. The average molecular weight is 503 g/mol. The summed E-state index contributed by atoms with van der Waals surface area (Å²) >= 11 is 0. The first kappa shape index (κ1) is 24.5. The lowest BCUT2D eigenvalue weighted by molar-refractivity contribution is -0.384. The lowest BCUT2D eigenvalue weighted by atomic mass is 9.89. The Balaban J connectivity index is 1.92. The van der Waals surface area contributed by atoms with E-state index in [1.165, 1.54) is 67.0 Å². The molecular weight excluding hydrogens is 487 g/mol. The van der Waals surface area contributed by atoms with E-state index in [0.717, 1.165) is 6.07 Å². The number of methoxy groups -OCH3 is 1. The molecule has 0 saturated heterocycles. The largest absolute Gasteiger partial charge is 0.497 e. The molecule has 1 aliphatic rings. The van der Waals surface area contributed by atoms with Crippen molar-refractivity contribution in [3.05, 3.63) is 87.7 Å². The third-order valence-corrected chi connectivity index (χ3v) is 5.35. The van der Waals surface area contributed by atoms with Gasteiger partial charge in [-0.2, -0.15) is 13.2 Å². The number of hydrogen-bond donors (Lipinski definition) is 3. The average Bonchev–Trinajstić information content (AvgIpc) is 3.33. The van der Waals surface area contributed by atoms with Gasteiger partial charge in [0.2, 0.25) is 0 Å². The van der Waals surface area contributed by atoms with E-state index in [2.05, 4.69) is 5.32 Å². The highest BCUT2D eigenvalue weighted by atomic mass is 19.4. The summed E-state index contributed by atoms with van der Waals surface area (Å²) in [6, 6.07) is 11.3. The van der Waals surface area contributed by atoms with E-state index in [1.54, 1.807) is 0 Å². The maximum Gasteiger partial charge on any atom is 0.441 e. The smallest absolute Gasteiger partial charge is 0.441 e. The summed E-state index contributed by atoms with van der Waals surface area (Å²) in [7, 11) is 1.35. The molecule has 1 atom stereocenters. The molecule has 3 aromatic rings. The van der Waals surface area contributed by atoms with Gasteiger partial charge in [-0.25, -0.2) is 4.79 Å². The molecule has 1 unspecified atom stereocenters. The topological polar surface area (TPSA) is 144 Å². The number of para-hydroxylation sites is 1. The van der Waals surface area contributed by atoms with Crippen LogP contribution in [-0.4, -0.2) is 40.9 Å². The van der Waals surface area contributed by atoms with Gasteiger partial charge in [-0.3, -0.25) is 20.2 Å². The van der Waals surface area contributed by atoms with Crippen molar-refractivity contribution < 1.29 is 41.9 Å². The van der Waals surface area contributed by atoms with Crippen molar-refractivity contribution in [2.75, 3.05) is 7.11 Å². The third kappa shape index (κ3) is 4.15. The molecular formula is C23H16F3N3O7. The molecule has 1 aromatic heterocycles. The van der Waals surface area contributed by atoms with Crippen LogP contribution < -0.4 is 15.4 Å². The zero-order valence-corrected chi connectivity index (χ0v) is 18.3. The van der Waals surface area contributed by atoms with Gasteiger partial charge in [0.25, 0.3) is 11.4 Å². The second-order valence-electron chi connectivity index (χ2n) is 7.53. The van der Waals surface area contributed by atoms with Crippen LogP contribution in [0.25, 0.3) is 17.0 Å². The minimum absolute atomic E-state index is 0.00345. The van der Waals surface area contributed by atoms with Gasteiger partial charge in [-0.15, -0.1) is 0 Å². The quantitative estimate of drug-likeness (QED) is 0.262. The van der Waals surface area contributed by atoms with Gasteiger partial charge < -0.3 is 19.6 Å². The maximum atomic E-state index is 14.0. The first-order valence-electron chi connectivity index (χ1n) is 10.1. The van der Waals surface area contributed by atoms with Crippen LogP contribution in [0, 0.1) is 10.1 Å². The van der Waals surface area contributed by atoms with Crippen molar-refractivity contribution >= 4 is 23.2 Å². The van der Waals surface area contributed by atoms with Gasteiger partial charge in [-0.05, 0) is 42.5 Å². The van der Waals surface area contributed by atoms with Gasteiger partial charge >= 0.3 is 12.2 Å². The number of aliphatic hydroxyl groups is 1. The van der Waals surface area contributed by atoms with Gasteiger partial charge in [0.1, 0.15) is 11.5 Å². The number of ether oxygens (including phenoxy) is 1. The molecule has 10 nitrogen and oxygen atoms in total. The fourth-order valence-electron chi connectivity index (χ4n) is 3.64. The molecule has 0 radical (unpaired) electrons. The van der Waals surface area contributed by atoms with Crippen LogP contribution in [0.5, 0.6) is 5.75 Å². The fraction of sp³-hybridized carbons (Fsp3) is 0.130. The minimum Gasteiger partial charge on any atom is -0.497 e. The monoisotopic (exact) mass is 503 g/mol. The van der Waals surface area contributed by atoms with Crippen molar-refractivity contribution in [2.24, 2.45) is 0 Å². The molecule has 1 aliphatic heterocycles. The normalized spacial score (nSPS) is 17.9. The molecule has 0 fully saturated rings. The van der Waals surface area contributed by atoms with Crippen molar-refractivity contribution in [3.63, 3.8) is 0 Å². The number of nitro groups is 1. The Kier molecular flexibility index (Phi) is 6.02. The van der Waals surface area contributed by atoms with E-state index in [1.807, 2.05) is 0 Å². The summed E-state index contributed by atoms with van der Waals surface area (Å²) in [5.41, 5.74) is -6.69. The Morgan fingerprint density at radius 1 is 1.08 bits per heavy atom. The summed E-state index contributed by atoms with van der Waals surface area (Å²) < 4.78 is 52.7. The molecule has 0 aliphatic carbocycles. The van der Waals surface area contributed by atoms with Crippen LogP contribution in [0.3, 0.4) is 0 Å². The molecule has 0 spiro atoms. The molecule has 2 aromatic carbocycles. The number of rotatable bonds is 6. The fourth-order valence-corrected chi connectivity index (χ4v) is 3.64. The summed E-state index contributed by atoms with van der Waals surface area (Å²) in [4.78, 5) is 36.1. The number of nitro benzene ring substituents is 1. The predicted octanol–water partition coefficient (Wildman–Crippen LogP) is 4.02. The highest BCUT2D eigenvalue weighted by Crippen LogP contribution is 2.42. The van der Waals surface area contributed by atoms with Crippen LogP contribution in [0.15, 0.2) is 70.7 Å². The summed E-state index contributed by atoms with van der Waals surface area (Å²) in [6.45, 7) is 0. The van der Waals surface area contributed by atoms with E-state index < -0.39 is 45.7 Å². The van der Waals surface area contributed by atoms with Crippen LogP contribution in [0.4, 0.5) is 23.7 Å².